The van der Waals surface area contributed by atoms with E-state index in [1.165, 1.54) is 0 Å². The van der Waals surface area contributed by atoms with Crippen LogP contribution in [0.3, 0.4) is 0 Å². The molecule has 1 aromatic heterocycles. The molecular weight excluding hydrogens is 344 g/mol. The molecule has 0 fully saturated rings. The number of ether oxygens (including phenoxy) is 2. The number of carbonyl (C=O) groups excluding carboxylic acids is 1. The first-order chi connectivity index (χ1) is 13.2. The van der Waals surface area contributed by atoms with Gasteiger partial charge in [-0.05, 0) is 43.9 Å². The summed E-state index contributed by atoms with van der Waals surface area (Å²) in [5.41, 5.74) is 2.75. The Labute approximate surface area is 156 Å². The molecule has 1 aliphatic carbocycles. The van der Waals surface area contributed by atoms with Gasteiger partial charge in [-0.2, -0.15) is 0 Å². The third-order valence-electron chi connectivity index (χ3n) is 4.80. The number of carbonyl (C=O) groups is 1. The number of aryl methyl sites for hydroxylation is 1. The Balaban J connectivity index is 1.71. The van der Waals surface area contributed by atoms with Crippen LogP contribution < -0.4 is 10.4 Å². The lowest BCUT2D eigenvalue weighted by molar-refractivity contribution is -0.151. The lowest BCUT2D eigenvalue weighted by Gasteiger charge is -2.18. The summed E-state index contributed by atoms with van der Waals surface area (Å²) in [6, 6.07) is 14.6. The second-order valence-corrected chi connectivity index (χ2v) is 6.52. The first kappa shape index (κ1) is 17.3. The lowest BCUT2D eigenvalue weighted by Crippen LogP contribution is -2.21. The van der Waals surface area contributed by atoms with E-state index in [-0.39, 0.29) is 12.2 Å². The van der Waals surface area contributed by atoms with Gasteiger partial charge in [0.15, 0.2) is 0 Å². The Morgan fingerprint density at radius 1 is 1.11 bits per heavy atom. The molecule has 0 bridgehead atoms. The molecule has 0 saturated carbocycles. The van der Waals surface area contributed by atoms with Crippen molar-refractivity contribution < 1.29 is 18.7 Å². The first-order valence-electron chi connectivity index (χ1n) is 9.14. The second kappa shape index (κ2) is 7.27. The van der Waals surface area contributed by atoms with Gasteiger partial charge in [0.25, 0.3) is 0 Å². The van der Waals surface area contributed by atoms with E-state index in [2.05, 4.69) is 0 Å². The standard InChI is InChI=1S/C22H20O5/c1-2-25-22(24)20(14-7-4-3-5-8-14)26-15-11-12-17-16-9-6-10-18(16)21(23)27-19(17)13-15/h3-5,7-8,11-13,20H,2,6,9-10H2,1H3/t20-/m1/s1. The highest BCUT2D eigenvalue weighted by atomic mass is 16.6. The van der Waals surface area contributed by atoms with E-state index < -0.39 is 12.1 Å². The molecule has 0 amide bonds. The molecule has 0 spiro atoms. The summed E-state index contributed by atoms with van der Waals surface area (Å²) in [4.78, 5) is 24.6. The number of fused-ring (bicyclic) bond motifs is 3. The van der Waals surface area contributed by atoms with Crippen LogP contribution >= 0.6 is 0 Å². The van der Waals surface area contributed by atoms with E-state index in [9.17, 15) is 9.59 Å². The zero-order valence-corrected chi connectivity index (χ0v) is 15.1. The Morgan fingerprint density at radius 3 is 2.67 bits per heavy atom. The molecule has 0 aliphatic heterocycles. The van der Waals surface area contributed by atoms with Gasteiger partial charge in [0.2, 0.25) is 6.10 Å². The maximum Gasteiger partial charge on any atom is 0.352 e. The molecule has 4 rings (SSSR count). The fourth-order valence-electron chi connectivity index (χ4n) is 3.57. The minimum Gasteiger partial charge on any atom is -0.474 e. The molecule has 0 N–H and O–H groups in total. The summed E-state index contributed by atoms with van der Waals surface area (Å²) in [7, 11) is 0. The molecular formula is C22H20O5. The SMILES string of the molecule is CCOC(=O)[C@H](Oc1ccc2c3c(c(=O)oc2c1)CCC3)c1ccccc1. The normalized spacial score (nSPS) is 14.0. The van der Waals surface area contributed by atoms with E-state index >= 15 is 0 Å². The Bertz CT molecular complexity index is 1040. The predicted molar refractivity (Wildman–Crippen MR) is 101 cm³/mol. The Hall–Kier alpha value is -3.08. The second-order valence-electron chi connectivity index (χ2n) is 6.52. The summed E-state index contributed by atoms with van der Waals surface area (Å²) >= 11 is 0. The topological polar surface area (TPSA) is 65.7 Å². The van der Waals surface area contributed by atoms with Gasteiger partial charge in [0.1, 0.15) is 11.3 Å². The smallest absolute Gasteiger partial charge is 0.352 e. The third kappa shape index (κ3) is 3.33. The average Bonchev–Trinajstić information content (AvgIpc) is 3.17. The van der Waals surface area contributed by atoms with Crippen molar-refractivity contribution >= 4 is 16.9 Å². The van der Waals surface area contributed by atoms with Gasteiger partial charge in [0, 0.05) is 22.6 Å². The highest BCUT2D eigenvalue weighted by Gasteiger charge is 2.25. The van der Waals surface area contributed by atoms with Gasteiger partial charge in [-0.1, -0.05) is 30.3 Å². The molecule has 5 nitrogen and oxygen atoms in total. The molecule has 0 radical (unpaired) electrons. The largest absolute Gasteiger partial charge is 0.474 e. The average molecular weight is 364 g/mol. The van der Waals surface area contributed by atoms with Gasteiger partial charge < -0.3 is 13.9 Å². The van der Waals surface area contributed by atoms with Crippen molar-refractivity contribution in [1.29, 1.82) is 0 Å². The number of hydrogen-bond donors (Lipinski definition) is 0. The van der Waals surface area contributed by atoms with Crippen molar-refractivity contribution in [3.8, 4) is 5.75 Å². The van der Waals surface area contributed by atoms with Crippen LogP contribution in [0.25, 0.3) is 11.0 Å². The third-order valence-corrected chi connectivity index (χ3v) is 4.80. The molecule has 1 aliphatic rings. The maximum absolute atomic E-state index is 12.4. The molecule has 0 unspecified atom stereocenters. The maximum atomic E-state index is 12.4. The number of rotatable bonds is 5. The van der Waals surface area contributed by atoms with E-state index in [4.69, 9.17) is 13.9 Å². The monoisotopic (exact) mass is 364 g/mol. The van der Waals surface area contributed by atoms with Gasteiger partial charge in [-0.3, -0.25) is 0 Å². The zero-order valence-electron chi connectivity index (χ0n) is 15.1. The van der Waals surface area contributed by atoms with Gasteiger partial charge in [-0.25, -0.2) is 9.59 Å². The molecule has 27 heavy (non-hydrogen) atoms. The van der Waals surface area contributed by atoms with Gasteiger partial charge in [-0.15, -0.1) is 0 Å². The summed E-state index contributed by atoms with van der Waals surface area (Å²) in [5.74, 6) is -0.00953. The number of esters is 1. The Kier molecular flexibility index (Phi) is 4.67. The van der Waals surface area contributed by atoms with Crippen molar-refractivity contribution in [1.82, 2.24) is 0 Å². The Morgan fingerprint density at radius 2 is 1.89 bits per heavy atom. The van der Waals surface area contributed by atoms with E-state index in [1.807, 2.05) is 36.4 Å². The van der Waals surface area contributed by atoms with Crippen LogP contribution in [0.5, 0.6) is 5.75 Å². The minimum atomic E-state index is -0.884. The number of hydrogen-bond acceptors (Lipinski definition) is 5. The fourth-order valence-corrected chi connectivity index (χ4v) is 3.57. The molecule has 3 aromatic rings. The van der Waals surface area contributed by atoms with Crippen LogP contribution in [0.4, 0.5) is 0 Å². The van der Waals surface area contributed by atoms with Crippen LogP contribution in [0.1, 0.15) is 36.1 Å². The molecule has 1 heterocycles. The van der Waals surface area contributed by atoms with Crippen LogP contribution in [-0.2, 0) is 22.4 Å². The van der Waals surface area contributed by atoms with Crippen molar-refractivity contribution in [3.63, 3.8) is 0 Å². The van der Waals surface area contributed by atoms with Crippen molar-refractivity contribution in [2.75, 3.05) is 6.61 Å². The quantitative estimate of drug-likeness (QED) is 0.506. The van der Waals surface area contributed by atoms with Crippen molar-refractivity contribution in [2.45, 2.75) is 32.3 Å². The first-order valence-corrected chi connectivity index (χ1v) is 9.14. The minimum absolute atomic E-state index is 0.268. The predicted octanol–water partition coefficient (Wildman–Crippen LogP) is 3.96. The zero-order chi connectivity index (χ0) is 18.8. The summed E-state index contributed by atoms with van der Waals surface area (Å²) < 4.78 is 16.6. The van der Waals surface area contributed by atoms with E-state index in [0.717, 1.165) is 35.8 Å². The highest BCUT2D eigenvalue weighted by molar-refractivity contribution is 5.83. The van der Waals surface area contributed by atoms with E-state index in [1.54, 1.807) is 19.1 Å². The van der Waals surface area contributed by atoms with Crippen molar-refractivity contribution in [3.05, 3.63) is 75.6 Å². The summed E-state index contributed by atoms with van der Waals surface area (Å²) in [5, 5.41) is 0.932. The van der Waals surface area contributed by atoms with Crippen molar-refractivity contribution in [2.24, 2.45) is 0 Å². The molecule has 1 atom stereocenters. The molecule has 2 aromatic carbocycles. The highest BCUT2D eigenvalue weighted by Crippen LogP contribution is 2.31. The summed E-state index contributed by atoms with van der Waals surface area (Å²) in [6.07, 6.45) is 1.73. The molecule has 5 heteroatoms. The summed E-state index contributed by atoms with van der Waals surface area (Å²) in [6.45, 7) is 2.02. The van der Waals surface area contributed by atoms with Crippen LogP contribution in [0.15, 0.2) is 57.7 Å². The fraction of sp³-hybridized carbons (Fsp3) is 0.273. The lowest BCUT2D eigenvalue weighted by atomic mass is 10.1. The van der Waals surface area contributed by atoms with Crippen LogP contribution in [0.2, 0.25) is 0 Å². The van der Waals surface area contributed by atoms with Gasteiger partial charge >= 0.3 is 11.6 Å². The van der Waals surface area contributed by atoms with Crippen LogP contribution in [0, 0.1) is 0 Å². The van der Waals surface area contributed by atoms with Gasteiger partial charge in [0.05, 0.1) is 6.61 Å². The molecule has 0 saturated heterocycles. The van der Waals surface area contributed by atoms with E-state index in [0.29, 0.717) is 16.9 Å². The van der Waals surface area contributed by atoms with Crippen LogP contribution in [-0.4, -0.2) is 12.6 Å². The number of benzene rings is 2. The molecule has 138 valence electrons.